The second-order valence-corrected chi connectivity index (χ2v) is 6.73. The highest BCUT2D eigenvalue weighted by molar-refractivity contribution is 5.92. The van der Waals surface area contributed by atoms with Gasteiger partial charge in [-0.2, -0.15) is 0 Å². The van der Waals surface area contributed by atoms with Crippen molar-refractivity contribution in [1.29, 1.82) is 0 Å². The molecule has 0 aliphatic carbocycles. The molecule has 2 atom stereocenters. The van der Waals surface area contributed by atoms with E-state index in [0.717, 1.165) is 5.39 Å². The summed E-state index contributed by atoms with van der Waals surface area (Å²) in [5.74, 6) is -0.994. The predicted octanol–water partition coefficient (Wildman–Crippen LogP) is 4.53. The van der Waals surface area contributed by atoms with Crippen LogP contribution >= 0.6 is 0 Å². The number of phenols is 1. The van der Waals surface area contributed by atoms with Gasteiger partial charge in [0.25, 0.3) is 5.91 Å². The van der Waals surface area contributed by atoms with E-state index in [1.807, 2.05) is 18.2 Å². The molecular formula is C23H22N2O5. The fraction of sp³-hybridized carbons (Fsp3) is 0.130. The lowest BCUT2D eigenvalue weighted by molar-refractivity contribution is -0.124. The Morgan fingerprint density at radius 1 is 0.967 bits per heavy atom. The third-order valence-electron chi connectivity index (χ3n) is 4.63. The SMILES string of the molecule is C[C@H](/C=C/C(=O)NO)[C@H](OC(=O)Nc1ccccc1)c1ccc(O)c2ccccc12. The van der Waals surface area contributed by atoms with Gasteiger partial charge in [0.05, 0.1) is 0 Å². The smallest absolute Gasteiger partial charge is 0.412 e. The van der Waals surface area contributed by atoms with Gasteiger partial charge in [0, 0.05) is 28.6 Å². The van der Waals surface area contributed by atoms with Gasteiger partial charge in [0.15, 0.2) is 0 Å². The van der Waals surface area contributed by atoms with E-state index >= 15 is 0 Å². The van der Waals surface area contributed by atoms with Gasteiger partial charge in [-0.1, -0.05) is 61.5 Å². The van der Waals surface area contributed by atoms with Gasteiger partial charge in [-0.3, -0.25) is 15.3 Å². The van der Waals surface area contributed by atoms with E-state index in [-0.39, 0.29) is 5.75 Å². The lowest BCUT2D eigenvalue weighted by Crippen LogP contribution is -2.22. The van der Waals surface area contributed by atoms with Crippen LogP contribution in [0.25, 0.3) is 10.8 Å². The number of hydrogen-bond donors (Lipinski definition) is 4. The molecule has 3 aromatic rings. The van der Waals surface area contributed by atoms with Crippen LogP contribution in [0, 0.1) is 5.92 Å². The summed E-state index contributed by atoms with van der Waals surface area (Å²) in [7, 11) is 0. The molecule has 154 valence electrons. The molecule has 30 heavy (non-hydrogen) atoms. The molecule has 0 aromatic heterocycles. The number of benzene rings is 3. The van der Waals surface area contributed by atoms with Crippen molar-refractivity contribution in [2.75, 3.05) is 5.32 Å². The largest absolute Gasteiger partial charge is 0.507 e. The number of amides is 2. The molecular weight excluding hydrogens is 384 g/mol. The van der Waals surface area contributed by atoms with Gasteiger partial charge in [0.1, 0.15) is 11.9 Å². The van der Waals surface area contributed by atoms with E-state index in [9.17, 15) is 14.7 Å². The fourth-order valence-electron chi connectivity index (χ4n) is 3.17. The minimum atomic E-state index is -0.762. The Kier molecular flexibility index (Phi) is 6.67. The Labute approximate surface area is 173 Å². The number of phenolic OH excluding ortho intramolecular Hbond substituents is 1. The van der Waals surface area contributed by atoms with E-state index in [2.05, 4.69) is 5.32 Å². The lowest BCUT2D eigenvalue weighted by Gasteiger charge is -2.24. The molecule has 0 aliphatic heterocycles. The van der Waals surface area contributed by atoms with Crippen molar-refractivity contribution in [3.63, 3.8) is 0 Å². The molecule has 0 spiro atoms. The molecule has 2 amide bonds. The first kappa shape index (κ1) is 20.9. The molecule has 0 aliphatic rings. The Morgan fingerprint density at radius 3 is 2.33 bits per heavy atom. The van der Waals surface area contributed by atoms with Crippen LogP contribution in [0.2, 0.25) is 0 Å². The Bertz CT molecular complexity index is 1070. The number of rotatable bonds is 6. The summed E-state index contributed by atoms with van der Waals surface area (Å²) < 4.78 is 5.74. The summed E-state index contributed by atoms with van der Waals surface area (Å²) >= 11 is 0. The van der Waals surface area contributed by atoms with Gasteiger partial charge in [-0.15, -0.1) is 0 Å². The molecule has 0 unspecified atom stereocenters. The topological polar surface area (TPSA) is 108 Å². The number of carbonyl (C=O) groups excluding carboxylic acids is 2. The third-order valence-corrected chi connectivity index (χ3v) is 4.63. The second-order valence-electron chi connectivity index (χ2n) is 6.73. The maximum absolute atomic E-state index is 12.6. The van der Waals surface area contributed by atoms with Gasteiger partial charge < -0.3 is 9.84 Å². The molecule has 0 heterocycles. The third kappa shape index (κ3) is 4.95. The molecule has 3 rings (SSSR count). The quantitative estimate of drug-likeness (QED) is 0.273. The number of nitrogens with one attached hydrogen (secondary N) is 2. The van der Waals surface area contributed by atoms with E-state index in [1.54, 1.807) is 55.5 Å². The molecule has 4 N–H and O–H groups in total. The number of aromatic hydroxyl groups is 1. The molecule has 3 aromatic carbocycles. The highest BCUT2D eigenvalue weighted by Crippen LogP contribution is 2.36. The number of ether oxygens (including phenoxy) is 1. The van der Waals surface area contributed by atoms with Crippen LogP contribution in [-0.4, -0.2) is 22.3 Å². The lowest BCUT2D eigenvalue weighted by atomic mass is 9.92. The van der Waals surface area contributed by atoms with E-state index in [0.29, 0.717) is 16.6 Å². The number of anilines is 1. The van der Waals surface area contributed by atoms with Crippen LogP contribution in [0.4, 0.5) is 10.5 Å². The fourth-order valence-corrected chi connectivity index (χ4v) is 3.17. The standard InChI is InChI=1S/C23H22N2O5/c1-15(11-14-21(27)25-29)22(30-23(28)24-16-7-3-2-4-8-16)19-12-13-20(26)18-10-6-5-9-17(18)19/h2-15,22,26,29H,1H3,(H,24,28)(H,25,27)/b14-11+/t15-,22+/m1/s1. The number of hydrogen-bond acceptors (Lipinski definition) is 5. The van der Waals surface area contributed by atoms with E-state index in [1.165, 1.54) is 17.6 Å². The first-order valence-electron chi connectivity index (χ1n) is 9.35. The zero-order chi connectivity index (χ0) is 21.5. The number of fused-ring (bicyclic) bond motifs is 1. The van der Waals surface area contributed by atoms with Crippen LogP contribution < -0.4 is 10.8 Å². The van der Waals surface area contributed by atoms with E-state index < -0.39 is 24.0 Å². The minimum Gasteiger partial charge on any atom is -0.507 e. The van der Waals surface area contributed by atoms with Gasteiger partial charge in [-0.25, -0.2) is 10.3 Å². The molecule has 0 saturated heterocycles. The zero-order valence-electron chi connectivity index (χ0n) is 16.3. The number of hydroxylamine groups is 1. The maximum Gasteiger partial charge on any atom is 0.412 e. The van der Waals surface area contributed by atoms with Crippen molar-refractivity contribution >= 4 is 28.5 Å². The van der Waals surface area contributed by atoms with Crippen LogP contribution in [0.1, 0.15) is 18.6 Å². The summed E-state index contributed by atoms with van der Waals surface area (Å²) in [4.78, 5) is 24.0. The van der Waals surface area contributed by atoms with Crippen molar-refractivity contribution in [3.05, 3.63) is 84.4 Å². The summed E-state index contributed by atoms with van der Waals surface area (Å²) in [6, 6.07) is 19.4. The first-order chi connectivity index (χ1) is 14.5. The van der Waals surface area contributed by atoms with Gasteiger partial charge in [-0.05, 0) is 23.6 Å². The second kappa shape index (κ2) is 9.58. The first-order valence-corrected chi connectivity index (χ1v) is 9.35. The van der Waals surface area contributed by atoms with E-state index in [4.69, 9.17) is 9.94 Å². The molecule has 0 fully saturated rings. The molecule has 0 radical (unpaired) electrons. The molecule has 7 nitrogen and oxygen atoms in total. The average molecular weight is 406 g/mol. The van der Waals surface area contributed by atoms with Crippen molar-refractivity contribution in [2.24, 2.45) is 5.92 Å². The maximum atomic E-state index is 12.6. The zero-order valence-corrected chi connectivity index (χ0v) is 16.3. The number of para-hydroxylation sites is 1. The summed E-state index contributed by atoms with van der Waals surface area (Å²) in [6.07, 6.45) is 1.28. The Hall–Kier alpha value is -3.84. The number of carbonyl (C=O) groups is 2. The Morgan fingerprint density at radius 2 is 1.63 bits per heavy atom. The van der Waals surface area contributed by atoms with Crippen LogP contribution in [-0.2, 0) is 9.53 Å². The predicted molar refractivity (Wildman–Crippen MR) is 113 cm³/mol. The Balaban J connectivity index is 1.96. The highest BCUT2D eigenvalue weighted by Gasteiger charge is 2.25. The average Bonchev–Trinajstić information content (AvgIpc) is 2.77. The van der Waals surface area contributed by atoms with Crippen LogP contribution in [0.5, 0.6) is 5.75 Å². The van der Waals surface area contributed by atoms with Crippen LogP contribution in [0.15, 0.2) is 78.9 Å². The molecule has 0 saturated carbocycles. The van der Waals surface area contributed by atoms with Crippen molar-refractivity contribution in [2.45, 2.75) is 13.0 Å². The highest BCUT2D eigenvalue weighted by atomic mass is 16.6. The van der Waals surface area contributed by atoms with Crippen molar-refractivity contribution in [1.82, 2.24) is 5.48 Å². The summed E-state index contributed by atoms with van der Waals surface area (Å²) in [6.45, 7) is 1.78. The monoisotopic (exact) mass is 406 g/mol. The van der Waals surface area contributed by atoms with Crippen LogP contribution in [0.3, 0.4) is 0 Å². The van der Waals surface area contributed by atoms with Gasteiger partial charge in [0.2, 0.25) is 0 Å². The molecule has 7 heteroatoms. The van der Waals surface area contributed by atoms with Crippen molar-refractivity contribution < 1.29 is 24.6 Å². The van der Waals surface area contributed by atoms with Gasteiger partial charge >= 0.3 is 6.09 Å². The molecule has 0 bridgehead atoms. The van der Waals surface area contributed by atoms with Crippen molar-refractivity contribution in [3.8, 4) is 5.75 Å². The summed E-state index contributed by atoms with van der Waals surface area (Å²) in [5, 5.41) is 22.9. The normalized spacial score (nSPS) is 13.0. The minimum absolute atomic E-state index is 0.115. The summed E-state index contributed by atoms with van der Waals surface area (Å²) in [5.41, 5.74) is 2.79.